The molecule has 8 nitrogen and oxygen atoms in total. The summed E-state index contributed by atoms with van der Waals surface area (Å²) in [5.41, 5.74) is 0.658. The van der Waals surface area contributed by atoms with Gasteiger partial charge in [0, 0.05) is 30.3 Å². The van der Waals surface area contributed by atoms with E-state index in [2.05, 4.69) is 35.7 Å². The van der Waals surface area contributed by atoms with E-state index in [9.17, 15) is 4.79 Å². The van der Waals surface area contributed by atoms with Gasteiger partial charge in [0.15, 0.2) is 5.82 Å². The first-order valence-electron chi connectivity index (χ1n) is 8.74. The van der Waals surface area contributed by atoms with Crippen LogP contribution in [0.4, 0.5) is 10.6 Å². The predicted octanol–water partition coefficient (Wildman–Crippen LogP) is 3.79. The van der Waals surface area contributed by atoms with Crippen LogP contribution in [0.15, 0.2) is 16.7 Å². The van der Waals surface area contributed by atoms with Gasteiger partial charge in [-0.3, -0.25) is 4.90 Å². The van der Waals surface area contributed by atoms with Crippen molar-refractivity contribution in [3.8, 4) is 0 Å². The van der Waals surface area contributed by atoms with Crippen molar-refractivity contribution < 1.29 is 9.53 Å². The molecular formula is C18H20BrClN6O2. The third kappa shape index (κ3) is 4.62. The minimum atomic E-state index is -0.593. The van der Waals surface area contributed by atoms with E-state index in [1.54, 1.807) is 11.1 Å². The van der Waals surface area contributed by atoms with Crippen LogP contribution in [0.5, 0.6) is 0 Å². The Balaban J connectivity index is 1.89. The summed E-state index contributed by atoms with van der Waals surface area (Å²) in [6.07, 6.45) is 1.27. The van der Waals surface area contributed by atoms with Crippen LogP contribution < -0.4 is 4.90 Å². The van der Waals surface area contributed by atoms with E-state index in [0.29, 0.717) is 36.5 Å². The van der Waals surface area contributed by atoms with E-state index in [4.69, 9.17) is 22.9 Å². The number of pyridine rings is 1. The van der Waals surface area contributed by atoms with Gasteiger partial charge in [-0.1, -0.05) is 0 Å². The van der Waals surface area contributed by atoms with E-state index < -0.39 is 11.7 Å². The van der Waals surface area contributed by atoms with E-state index in [1.165, 1.54) is 0 Å². The molecule has 1 saturated heterocycles. The number of hydrogen-bond donors (Lipinski definition) is 0. The lowest BCUT2D eigenvalue weighted by atomic mass is 10.1. The van der Waals surface area contributed by atoms with E-state index >= 15 is 0 Å². The van der Waals surface area contributed by atoms with Crippen molar-refractivity contribution in [2.24, 2.45) is 0 Å². The maximum absolute atomic E-state index is 12.6. The molecule has 0 bridgehead atoms. The molecule has 0 radical (unpaired) electrons. The lowest BCUT2D eigenvalue weighted by molar-refractivity contribution is 0.0156. The van der Waals surface area contributed by atoms with Crippen LogP contribution in [-0.2, 0) is 4.74 Å². The van der Waals surface area contributed by atoms with Gasteiger partial charge in [0.1, 0.15) is 17.2 Å². The topological polar surface area (TPSA) is 75.8 Å². The molecule has 1 amide bonds. The number of carbonyl (C=O) groups excluding carboxylic acids is 1. The molecule has 0 aromatic carbocycles. The lowest BCUT2D eigenvalue weighted by Crippen LogP contribution is -2.57. The number of anilines is 1. The van der Waals surface area contributed by atoms with Gasteiger partial charge in [-0.15, -0.1) is 0 Å². The molecule has 1 aliphatic rings. The zero-order valence-electron chi connectivity index (χ0n) is 15.8. The Kier molecular flexibility index (Phi) is 5.91. The van der Waals surface area contributed by atoms with Gasteiger partial charge in [-0.05, 0) is 54.4 Å². The van der Waals surface area contributed by atoms with Crippen molar-refractivity contribution in [1.29, 1.82) is 0 Å². The number of hydrogen-bond acceptors (Lipinski definition) is 6. The monoisotopic (exact) mass is 466 g/mol. The van der Waals surface area contributed by atoms with Gasteiger partial charge < -0.3 is 14.5 Å². The van der Waals surface area contributed by atoms with Crippen molar-refractivity contribution >= 4 is 50.5 Å². The molecule has 0 unspecified atom stereocenters. The molecule has 0 aliphatic carbocycles. The number of nitrogens with zero attached hydrogens (tertiary/aromatic N) is 6. The fourth-order valence-electron chi connectivity index (χ4n) is 3.04. The highest BCUT2D eigenvalue weighted by Gasteiger charge is 2.36. The molecule has 2 aromatic rings. The Hall–Kier alpha value is -2.18. The first-order chi connectivity index (χ1) is 13.2. The summed E-state index contributed by atoms with van der Waals surface area (Å²) in [5, 5.41) is 0.124. The lowest BCUT2D eigenvalue weighted by Gasteiger charge is -2.40. The summed E-state index contributed by atoms with van der Waals surface area (Å²) in [4.78, 5) is 32.7. The number of ether oxygens (including phenoxy) is 1. The number of fused-ring (bicyclic) bond motifs is 1. The Morgan fingerprint density at radius 1 is 1.43 bits per heavy atom. The second-order valence-electron chi connectivity index (χ2n) is 7.45. The Bertz CT molecular complexity index is 937. The van der Waals surface area contributed by atoms with E-state index in [-0.39, 0.29) is 17.9 Å². The fourth-order valence-corrected chi connectivity index (χ4v) is 3.53. The maximum atomic E-state index is 12.6. The molecule has 1 aliphatic heterocycles. The second-order valence-corrected chi connectivity index (χ2v) is 8.71. The van der Waals surface area contributed by atoms with Crippen LogP contribution in [0.1, 0.15) is 20.8 Å². The molecule has 148 valence electrons. The Morgan fingerprint density at radius 2 is 2.18 bits per heavy atom. The average molecular weight is 468 g/mol. The summed E-state index contributed by atoms with van der Waals surface area (Å²) in [6.45, 7) is 14.3. The number of amides is 1. The second kappa shape index (κ2) is 8.05. The summed E-state index contributed by atoms with van der Waals surface area (Å²) in [7, 11) is 0. The minimum Gasteiger partial charge on any atom is -0.444 e. The number of piperazine rings is 1. The molecule has 28 heavy (non-hydrogen) atoms. The molecule has 0 spiro atoms. The van der Waals surface area contributed by atoms with Crippen LogP contribution in [0.2, 0.25) is 5.28 Å². The van der Waals surface area contributed by atoms with Crippen LogP contribution in [-0.4, -0.2) is 63.8 Å². The van der Waals surface area contributed by atoms with Gasteiger partial charge in [-0.25, -0.2) is 21.3 Å². The number of aromatic nitrogens is 3. The number of carbonyl (C=O) groups is 1. The molecule has 10 heteroatoms. The Morgan fingerprint density at radius 3 is 2.86 bits per heavy atom. The standard InChI is InChI=1S/C18H20BrClN6O2/c1-18(2,3)28-17(27)26-6-5-25(10-12(26)9-21-4)15-14-13(23-16(20)24-15)7-11(19)8-22-14/h7-8,12H,5-6,9-10H2,1-3H3/t12-/m0/s1. The maximum Gasteiger partial charge on any atom is 0.410 e. The van der Waals surface area contributed by atoms with Gasteiger partial charge in [0.2, 0.25) is 11.8 Å². The van der Waals surface area contributed by atoms with Crippen molar-refractivity contribution in [1.82, 2.24) is 19.9 Å². The average Bonchev–Trinajstić information content (AvgIpc) is 2.59. The largest absolute Gasteiger partial charge is 0.444 e. The summed E-state index contributed by atoms with van der Waals surface area (Å²) in [5.74, 6) is 0.598. The summed E-state index contributed by atoms with van der Waals surface area (Å²) >= 11 is 9.50. The zero-order chi connectivity index (χ0) is 20.5. The van der Waals surface area contributed by atoms with Crippen molar-refractivity contribution in [2.75, 3.05) is 31.1 Å². The zero-order valence-corrected chi connectivity index (χ0v) is 18.2. The predicted molar refractivity (Wildman–Crippen MR) is 110 cm³/mol. The Labute approximate surface area is 176 Å². The molecule has 1 atom stereocenters. The molecular weight excluding hydrogens is 448 g/mol. The third-order valence-electron chi connectivity index (χ3n) is 4.17. The quantitative estimate of drug-likeness (QED) is 0.494. The number of rotatable bonds is 2. The van der Waals surface area contributed by atoms with Crippen LogP contribution in [0.25, 0.3) is 15.9 Å². The van der Waals surface area contributed by atoms with E-state index in [0.717, 1.165) is 4.47 Å². The smallest absolute Gasteiger partial charge is 0.410 e. The van der Waals surface area contributed by atoms with Crippen molar-refractivity contribution in [3.05, 3.63) is 33.4 Å². The number of halogens is 2. The summed E-state index contributed by atoms with van der Waals surface area (Å²) < 4.78 is 6.29. The minimum absolute atomic E-state index is 0.124. The highest BCUT2D eigenvalue weighted by molar-refractivity contribution is 9.10. The molecule has 3 heterocycles. The normalized spacial score (nSPS) is 17.5. The highest BCUT2D eigenvalue weighted by atomic mass is 79.9. The van der Waals surface area contributed by atoms with Crippen molar-refractivity contribution in [3.63, 3.8) is 0 Å². The molecule has 0 saturated carbocycles. The highest BCUT2D eigenvalue weighted by Crippen LogP contribution is 2.28. The fraction of sp³-hybridized carbons (Fsp3) is 0.500. The third-order valence-corrected chi connectivity index (χ3v) is 4.77. The summed E-state index contributed by atoms with van der Waals surface area (Å²) in [6, 6.07) is 1.51. The molecule has 3 rings (SSSR count). The van der Waals surface area contributed by atoms with Crippen LogP contribution >= 0.6 is 27.5 Å². The first kappa shape index (κ1) is 20.6. The van der Waals surface area contributed by atoms with E-state index in [1.807, 2.05) is 31.7 Å². The van der Waals surface area contributed by atoms with Gasteiger partial charge >= 0.3 is 6.09 Å². The van der Waals surface area contributed by atoms with Gasteiger partial charge in [0.25, 0.3) is 0 Å². The van der Waals surface area contributed by atoms with Crippen LogP contribution in [0.3, 0.4) is 0 Å². The SMILES string of the molecule is [C-]#[N+]C[C@H]1CN(c2nc(Cl)nc3cc(Br)cnc23)CCN1C(=O)OC(C)(C)C. The molecule has 2 aromatic heterocycles. The van der Waals surface area contributed by atoms with Gasteiger partial charge in [-0.2, -0.15) is 4.98 Å². The van der Waals surface area contributed by atoms with Gasteiger partial charge in [0.05, 0.1) is 5.52 Å². The first-order valence-corrected chi connectivity index (χ1v) is 9.91. The van der Waals surface area contributed by atoms with Crippen molar-refractivity contribution in [2.45, 2.75) is 32.4 Å². The van der Waals surface area contributed by atoms with Crippen LogP contribution in [0, 0.1) is 6.57 Å². The molecule has 1 fully saturated rings. The molecule has 0 N–H and O–H groups in total.